The second-order valence-electron chi connectivity index (χ2n) is 10.5. The van der Waals surface area contributed by atoms with Crippen LogP contribution in [0, 0.1) is 17.8 Å². The molecule has 0 aromatic heterocycles. The van der Waals surface area contributed by atoms with E-state index in [0.717, 1.165) is 57.8 Å². The van der Waals surface area contributed by atoms with Crippen LogP contribution in [0.5, 0.6) is 0 Å². The van der Waals surface area contributed by atoms with E-state index in [1.807, 2.05) is 18.0 Å². The molecule has 0 aliphatic heterocycles. The van der Waals surface area contributed by atoms with Gasteiger partial charge < -0.3 is 15.1 Å². The number of amides is 1. The Morgan fingerprint density at radius 2 is 1.97 bits per heavy atom. The maximum absolute atomic E-state index is 12.3. The van der Waals surface area contributed by atoms with Gasteiger partial charge in [-0.25, -0.2) is 0 Å². The fraction of sp³-hybridized carbons (Fsp3) is 0.808. The molecule has 30 heavy (non-hydrogen) atoms. The molecular formula is C26H45NO3. The number of aliphatic hydroxyl groups excluding tert-OH is 2. The standard InChI is InChI=1S/C26H45NO3/c1-6-7-8-12-21(28)14-15-22-23-17-19(16-20(23)18-24(22)29)11-9-10-13-25(30)27(5)26(2,3)4/h11,14-15,20-24,28-29H,6-10,12-13,16-18H2,1-5H3/t20-,21-,22+,23-,24+/m0/s1. The Morgan fingerprint density at radius 3 is 2.63 bits per heavy atom. The van der Waals surface area contributed by atoms with Gasteiger partial charge in [-0.1, -0.05) is 50.0 Å². The Bertz CT molecular complexity index is 604. The van der Waals surface area contributed by atoms with E-state index >= 15 is 0 Å². The summed E-state index contributed by atoms with van der Waals surface area (Å²) in [5.74, 6) is 1.45. The van der Waals surface area contributed by atoms with Gasteiger partial charge in [-0.2, -0.15) is 0 Å². The van der Waals surface area contributed by atoms with E-state index in [9.17, 15) is 15.0 Å². The summed E-state index contributed by atoms with van der Waals surface area (Å²) in [5, 5.41) is 20.7. The Kier molecular flexibility index (Phi) is 9.62. The number of allylic oxidation sites excluding steroid dienone is 2. The van der Waals surface area contributed by atoms with Crippen LogP contribution >= 0.6 is 0 Å². The molecular weight excluding hydrogens is 374 g/mol. The highest BCUT2D eigenvalue weighted by Crippen LogP contribution is 2.50. The third-order valence-electron chi connectivity index (χ3n) is 7.18. The SMILES string of the molecule is CCCCC[C@H](O)C=C[C@@H]1[C@H]2CC(=CCCCC(=O)N(C)C(C)(C)C)C[C@H]2C[C@H]1O. The fourth-order valence-corrected chi connectivity index (χ4v) is 5.00. The van der Waals surface area contributed by atoms with Crippen molar-refractivity contribution < 1.29 is 15.0 Å². The molecule has 0 unspecified atom stereocenters. The second-order valence-corrected chi connectivity index (χ2v) is 10.5. The molecule has 0 spiro atoms. The number of nitrogens with zero attached hydrogens (tertiary/aromatic N) is 1. The van der Waals surface area contributed by atoms with E-state index in [4.69, 9.17) is 0 Å². The van der Waals surface area contributed by atoms with Crippen molar-refractivity contribution in [3.05, 3.63) is 23.8 Å². The fourth-order valence-electron chi connectivity index (χ4n) is 5.00. The van der Waals surface area contributed by atoms with Crippen molar-refractivity contribution >= 4 is 5.91 Å². The van der Waals surface area contributed by atoms with Crippen LogP contribution in [-0.4, -0.2) is 45.8 Å². The van der Waals surface area contributed by atoms with Crippen LogP contribution < -0.4 is 0 Å². The summed E-state index contributed by atoms with van der Waals surface area (Å²) >= 11 is 0. The van der Waals surface area contributed by atoms with Gasteiger partial charge in [-0.3, -0.25) is 4.79 Å². The minimum atomic E-state index is -0.386. The van der Waals surface area contributed by atoms with Crippen molar-refractivity contribution in [2.75, 3.05) is 7.05 Å². The molecule has 4 heteroatoms. The average molecular weight is 420 g/mol. The lowest BCUT2D eigenvalue weighted by atomic mass is 9.90. The first-order chi connectivity index (χ1) is 14.1. The summed E-state index contributed by atoms with van der Waals surface area (Å²) in [4.78, 5) is 14.1. The third kappa shape index (κ3) is 7.23. The lowest BCUT2D eigenvalue weighted by Gasteiger charge is -2.32. The largest absolute Gasteiger partial charge is 0.392 e. The number of carbonyl (C=O) groups excluding carboxylic acids is 1. The molecule has 2 fully saturated rings. The number of hydrogen-bond donors (Lipinski definition) is 2. The summed E-state index contributed by atoms with van der Waals surface area (Å²) in [6, 6.07) is 0. The highest BCUT2D eigenvalue weighted by Gasteiger charge is 2.44. The van der Waals surface area contributed by atoms with Gasteiger partial charge in [-0.05, 0) is 71.1 Å². The highest BCUT2D eigenvalue weighted by atomic mass is 16.3. The van der Waals surface area contributed by atoms with Crippen molar-refractivity contribution in [2.24, 2.45) is 17.8 Å². The van der Waals surface area contributed by atoms with Gasteiger partial charge in [0.15, 0.2) is 0 Å². The Labute approximate surface area is 184 Å². The Morgan fingerprint density at radius 1 is 1.23 bits per heavy atom. The zero-order valence-corrected chi connectivity index (χ0v) is 19.9. The highest BCUT2D eigenvalue weighted by molar-refractivity contribution is 5.76. The van der Waals surface area contributed by atoms with Crippen LogP contribution in [-0.2, 0) is 4.79 Å². The zero-order chi connectivity index (χ0) is 22.3. The molecule has 0 radical (unpaired) electrons. The van der Waals surface area contributed by atoms with Crippen molar-refractivity contribution in [2.45, 2.75) is 110 Å². The van der Waals surface area contributed by atoms with Gasteiger partial charge in [0.2, 0.25) is 5.91 Å². The van der Waals surface area contributed by atoms with E-state index < -0.39 is 0 Å². The number of unbranched alkanes of at least 4 members (excludes halogenated alkanes) is 3. The van der Waals surface area contributed by atoms with Crippen LogP contribution in [0.1, 0.15) is 91.9 Å². The minimum Gasteiger partial charge on any atom is -0.392 e. The predicted octanol–water partition coefficient (Wildman–Crippen LogP) is 5.24. The summed E-state index contributed by atoms with van der Waals surface area (Å²) in [6.07, 6.45) is 15.4. The van der Waals surface area contributed by atoms with E-state index in [1.165, 1.54) is 5.57 Å². The van der Waals surface area contributed by atoms with Crippen molar-refractivity contribution in [3.8, 4) is 0 Å². The normalized spacial score (nSPS) is 29.0. The van der Waals surface area contributed by atoms with Crippen LogP contribution in [0.3, 0.4) is 0 Å². The average Bonchev–Trinajstić information content (AvgIpc) is 3.18. The van der Waals surface area contributed by atoms with Gasteiger partial charge in [0.1, 0.15) is 0 Å². The van der Waals surface area contributed by atoms with Gasteiger partial charge in [0, 0.05) is 24.9 Å². The van der Waals surface area contributed by atoms with Crippen molar-refractivity contribution in [3.63, 3.8) is 0 Å². The monoisotopic (exact) mass is 419 g/mol. The molecule has 172 valence electrons. The molecule has 2 aliphatic carbocycles. The van der Waals surface area contributed by atoms with Crippen LogP contribution in [0.15, 0.2) is 23.8 Å². The smallest absolute Gasteiger partial charge is 0.222 e. The third-order valence-corrected chi connectivity index (χ3v) is 7.18. The molecule has 2 saturated carbocycles. The zero-order valence-electron chi connectivity index (χ0n) is 19.9. The molecule has 2 N–H and O–H groups in total. The molecule has 0 saturated heterocycles. The molecule has 0 aromatic carbocycles. The van der Waals surface area contributed by atoms with E-state index in [1.54, 1.807) is 0 Å². The summed E-state index contributed by atoms with van der Waals surface area (Å²) in [6.45, 7) is 8.36. The van der Waals surface area contributed by atoms with E-state index in [2.05, 4.69) is 39.8 Å². The molecule has 0 bridgehead atoms. The predicted molar refractivity (Wildman–Crippen MR) is 124 cm³/mol. The topological polar surface area (TPSA) is 60.8 Å². The lowest BCUT2D eigenvalue weighted by Crippen LogP contribution is -2.42. The second kappa shape index (κ2) is 11.5. The summed E-state index contributed by atoms with van der Waals surface area (Å²) < 4.78 is 0. The number of hydrogen-bond acceptors (Lipinski definition) is 3. The Balaban J connectivity index is 1.79. The quantitative estimate of drug-likeness (QED) is 0.376. The first-order valence-corrected chi connectivity index (χ1v) is 12.1. The van der Waals surface area contributed by atoms with Gasteiger partial charge >= 0.3 is 0 Å². The molecule has 2 aliphatic rings. The van der Waals surface area contributed by atoms with Crippen molar-refractivity contribution in [1.82, 2.24) is 4.90 Å². The Hall–Kier alpha value is -1.13. The molecule has 5 atom stereocenters. The first-order valence-electron chi connectivity index (χ1n) is 12.1. The maximum Gasteiger partial charge on any atom is 0.222 e. The number of rotatable bonds is 10. The molecule has 4 nitrogen and oxygen atoms in total. The molecule has 0 heterocycles. The van der Waals surface area contributed by atoms with E-state index in [-0.39, 0.29) is 29.6 Å². The van der Waals surface area contributed by atoms with Crippen molar-refractivity contribution in [1.29, 1.82) is 0 Å². The maximum atomic E-state index is 12.3. The summed E-state index contributed by atoms with van der Waals surface area (Å²) in [7, 11) is 1.89. The minimum absolute atomic E-state index is 0.120. The van der Waals surface area contributed by atoms with Gasteiger partial charge in [0.05, 0.1) is 12.2 Å². The van der Waals surface area contributed by atoms with Gasteiger partial charge in [-0.15, -0.1) is 0 Å². The van der Waals surface area contributed by atoms with E-state index in [0.29, 0.717) is 18.3 Å². The lowest BCUT2D eigenvalue weighted by molar-refractivity contribution is -0.134. The van der Waals surface area contributed by atoms with Crippen LogP contribution in [0.2, 0.25) is 0 Å². The summed E-state index contributed by atoms with van der Waals surface area (Å²) in [5.41, 5.74) is 1.38. The number of fused-ring (bicyclic) bond motifs is 1. The van der Waals surface area contributed by atoms with Crippen LogP contribution in [0.4, 0.5) is 0 Å². The first kappa shape index (κ1) is 25.1. The molecule has 2 rings (SSSR count). The number of aliphatic hydroxyl groups is 2. The molecule has 1 amide bonds. The van der Waals surface area contributed by atoms with Gasteiger partial charge in [0.25, 0.3) is 0 Å². The molecule has 0 aromatic rings. The van der Waals surface area contributed by atoms with Crippen LogP contribution in [0.25, 0.3) is 0 Å². The number of carbonyl (C=O) groups is 1.